The first-order valence-electron chi connectivity index (χ1n) is 7.77. The van der Waals surface area contributed by atoms with Crippen LogP contribution in [0.2, 0.25) is 0 Å². The highest BCUT2D eigenvalue weighted by Crippen LogP contribution is 2.27. The first-order chi connectivity index (χ1) is 10.9. The van der Waals surface area contributed by atoms with Crippen molar-refractivity contribution in [3.05, 3.63) is 59.9 Å². The van der Waals surface area contributed by atoms with E-state index in [1.807, 2.05) is 12.4 Å². The van der Waals surface area contributed by atoms with E-state index in [-0.39, 0.29) is 6.10 Å². The fourth-order valence-corrected chi connectivity index (χ4v) is 3.13. The molecule has 1 aromatic heterocycles. The fourth-order valence-electron chi connectivity index (χ4n) is 3.13. The minimum Gasteiger partial charge on any atom is -0.370 e. The molecular weight excluding hydrogens is 274 g/mol. The van der Waals surface area contributed by atoms with Crippen molar-refractivity contribution in [3.8, 4) is 0 Å². The normalized spacial score (nSPS) is 21.5. The number of benzene rings is 1. The lowest BCUT2D eigenvalue weighted by molar-refractivity contribution is 0.00276. The third-order valence-corrected chi connectivity index (χ3v) is 4.29. The number of aliphatic imine (C=N–C) groups is 1. The third-order valence-electron chi connectivity index (χ3n) is 4.29. The van der Waals surface area contributed by atoms with Crippen LogP contribution in [0.5, 0.6) is 0 Å². The fraction of sp³-hybridized carbons (Fsp3) is 0.333. The molecule has 1 fully saturated rings. The second kappa shape index (κ2) is 5.99. The average Bonchev–Trinajstić information content (AvgIpc) is 3.00. The Morgan fingerprint density at radius 1 is 1.18 bits per heavy atom. The molecule has 2 aliphatic heterocycles. The van der Waals surface area contributed by atoms with Gasteiger partial charge in [0.1, 0.15) is 6.10 Å². The number of nitrogens with zero attached hydrogens (tertiary/aromatic N) is 3. The van der Waals surface area contributed by atoms with Gasteiger partial charge in [-0.15, -0.1) is 0 Å². The molecule has 2 aromatic rings. The van der Waals surface area contributed by atoms with Crippen LogP contribution in [0.15, 0.2) is 53.8 Å². The number of morpholine rings is 1. The molecule has 1 aromatic carbocycles. The van der Waals surface area contributed by atoms with Gasteiger partial charge in [0.05, 0.1) is 24.2 Å². The highest BCUT2D eigenvalue weighted by atomic mass is 16.5. The summed E-state index contributed by atoms with van der Waals surface area (Å²) in [5.41, 5.74) is 4.75. The first-order valence-corrected chi connectivity index (χ1v) is 7.77. The van der Waals surface area contributed by atoms with Gasteiger partial charge in [-0.2, -0.15) is 0 Å². The Labute approximate surface area is 130 Å². The van der Waals surface area contributed by atoms with Crippen LogP contribution in [0.25, 0.3) is 0 Å². The van der Waals surface area contributed by atoms with Crippen molar-refractivity contribution in [2.45, 2.75) is 19.1 Å². The number of ether oxygens (including phenoxy) is 1. The van der Waals surface area contributed by atoms with E-state index in [4.69, 9.17) is 9.73 Å². The summed E-state index contributed by atoms with van der Waals surface area (Å²) in [5.74, 6) is 0. The van der Waals surface area contributed by atoms with Crippen LogP contribution in [-0.2, 0) is 17.7 Å². The monoisotopic (exact) mass is 293 g/mol. The van der Waals surface area contributed by atoms with Crippen LogP contribution in [0.1, 0.15) is 11.1 Å². The number of rotatable bonds is 3. The van der Waals surface area contributed by atoms with E-state index in [9.17, 15) is 0 Å². The van der Waals surface area contributed by atoms with Gasteiger partial charge in [0.2, 0.25) is 0 Å². The van der Waals surface area contributed by atoms with Gasteiger partial charge in [-0.1, -0.05) is 30.3 Å². The van der Waals surface area contributed by atoms with Crippen LogP contribution >= 0.6 is 0 Å². The topological polar surface area (TPSA) is 37.7 Å². The zero-order valence-electron chi connectivity index (χ0n) is 12.5. The molecule has 0 N–H and O–H groups in total. The van der Waals surface area contributed by atoms with Gasteiger partial charge in [-0.05, 0) is 17.2 Å². The van der Waals surface area contributed by atoms with E-state index in [2.05, 4.69) is 46.3 Å². The van der Waals surface area contributed by atoms with Gasteiger partial charge in [0, 0.05) is 32.3 Å². The maximum absolute atomic E-state index is 5.97. The van der Waals surface area contributed by atoms with Crippen LogP contribution in [0, 0.1) is 0 Å². The van der Waals surface area contributed by atoms with Crippen molar-refractivity contribution >= 4 is 11.4 Å². The van der Waals surface area contributed by atoms with Crippen molar-refractivity contribution in [3.63, 3.8) is 0 Å². The minimum atomic E-state index is 0.102. The lowest BCUT2D eigenvalue weighted by atomic mass is 10.1. The number of aromatic nitrogens is 1. The van der Waals surface area contributed by atoms with Crippen molar-refractivity contribution in [2.75, 3.05) is 19.7 Å². The van der Waals surface area contributed by atoms with E-state index in [0.717, 1.165) is 44.1 Å². The predicted octanol–water partition coefficient (Wildman–Crippen LogP) is 2.61. The molecule has 4 rings (SSSR count). The Kier molecular flexibility index (Phi) is 3.70. The SMILES string of the molecule is c1ccc(CN2CCOC(C3=Nc4cnccc4C3)C2)cc1. The molecule has 22 heavy (non-hydrogen) atoms. The minimum absolute atomic E-state index is 0.102. The second-order valence-corrected chi connectivity index (χ2v) is 5.86. The largest absolute Gasteiger partial charge is 0.370 e. The molecule has 4 heteroatoms. The highest BCUT2D eigenvalue weighted by Gasteiger charge is 2.28. The highest BCUT2D eigenvalue weighted by molar-refractivity contribution is 5.97. The summed E-state index contributed by atoms with van der Waals surface area (Å²) in [6.07, 6.45) is 4.67. The van der Waals surface area contributed by atoms with Gasteiger partial charge in [0.15, 0.2) is 0 Å². The summed E-state index contributed by atoms with van der Waals surface area (Å²) in [6.45, 7) is 3.63. The molecule has 3 heterocycles. The van der Waals surface area contributed by atoms with Crippen LogP contribution in [0.4, 0.5) is 5.69 Å². The lowest BCUT2D eigenvalue weighted by Gasteiger charge is -2.33. The third kappa shape index (κ3) is 2.80. The van der Waals surface area contributed by atoms with Gasteiger partial charge in [-0.3, -0.25) is 14.9 Å². The number of hydrogen-bond donors (Lipinski definition) is 0. The molecule has 1 unspecified atom stereocenters. The summed E-state index contributed by atoms with van der Waals surface area (Å²) < 4.78 is 5.97. The maximum Gasteiger partial charge on any atom is 0.109 e. The van der Waals surface area contributed by atoms with E-state index in [1.165, 1.54) is 11.1 Å². The van der Waals surface area contributed by atoms with Crippen molar-refractivity contribution < 1.29 is 4.74 Å². The van der Waals surface area contributed by atoms with Crippen LogP contribution in [0.3, 0.4) is 0 Å². The Morgan fingerprint density at radius 2 is 2.09 bits per heavy atom. The van der Waals surface area contributed by atoms with Gasteiger partial charge >= 0.3 is 0 Å². The molecule has 4 nitrogen and oxygen atoms in total. The quantitative estimate of drug-likeness (QED) is 0.873. The van der Waals surface area contributed by atoms with Crippen LogP contribution in [-0.4, -0.2) is 41.4 Å². The lowest BCUT2D eigenvalue weighted by Crippen LogP contribution is -2.45. The molecule has 2 aliphatic rings. The summed E-state index contributed by atoms with van der Waals surface area (Å²) in [5, 5.41) is 0. The molecule has 0 amide bonds. The maximum atomic E-state index is 5.97. The molecule has 0 radical (unpaired) electrons. The number of fused-ring (bicyclic) bond motifs is 1. The standard InChI is InChI=1S/C18H19N3O/c1-2-4-14(5-3-1)12-21-8-9-22-18(13-21)16-10-15-6-7-19-11-17(15)20-16/h1-7,11,18H,8-10,12-13H2. The summed E-state index contributed by atoms with van der Waals surface area (Å²) in [4.78, 5) is 11.3. The van der Waals surface area contributed by atoms with Gasteiger partial charge < -0.3 is 4.74 Å². The molecule has 0 saturated carbocycles. The first kappa shape index (κ1) is 13.6. The summed E-state index contributed by atoms with van der Waals surface area (Å²) in [7, 11) is 0. The van der Waals surface area contributed by atoms with E-state index in [0.29, 0.717) is 0 Å². The summed E-state index contributed by atoms with van der Waals surface area (Å²) in [6, 6.07) is 12.7. The molecule has 1 saturated heterocycles. The smallest absolute Gasteiger partial charge is 0.109 e. The van der Waals surface area contributed by atoms with E-state index in [1.54, 1.807) is 0 Å². The average molecular weight is 293 g/mol. The number of pyridine rings is 1. The predicted molar refractivity (Wildman–Crippen MR) is 86.5 cm³/mol. The second-order valence-electron chi connectivity index (χ2n) is 5.86. The molecule has 0 spiro atoms. The molecule has 0 bridgehead atoms. The van der Waals surface area contributed by atoms with Crippen LogP contribution < -0.4 is 0 Å². The van der Waals surface area contributed by atoms with Gasteiger partial charge in [0.25, 0.3) is 0 Å². The molecule has 1 atom stereocenters. The van der Waals surface area contributed by atoms with Crippen molar-refractivity contribution in [2.24, 2.45) is 4.99 Å². The molecular formula is C18H19N3O. The van der Waals surface area contributed by atoms with E-state index < -0.39 is 0 Å². The van der Waals surface area contributed by atoms with Gasteiger partial charge in [-0.25, -0.2) is 0 Å². The molecule has 112 valence electrons. The Bertz CT molecular complexity index is 684. The Hall–Kier alpha value is -2.04. The number of hydrogen-bond acceptors (Lipinski definition) is 4. The Balaban J connectivity index is 1.44. The summed E-state index contributed by atoms with van der Waals surface area (Å²) >= 11 is 0. The zero-order chi connectivity index (χ0) is 14.8. The molecule has 0 aliphatic carbocycles. The van der Waals surface area contributed by atoms with E-state index >= 15 is 0 Å². The van der Waals surface area contributed by atoms with Crippen molar-refractivity contribution in [1.82, 2.24) is 9.88 Å². The zero-order valence-corrected chi connectivity index (χ0v) is 12.5. The Morgan fingerprint density at radius 3 is 2.95 bits per heavy atom. The van der Waals surface area contributed by atoms with Crippen molar-refractivity contribution in [1.29, 1.82) is 0 Å².